The molecule has 1 aliphatic heterocycles. The van der Waals surface area contributed by atoms with Gasteiger partial charge in [-0.25, -0.2) is 4.79 Å². The number of piperazine rings is 1. The van der Waals surface area contributed by atoms with Crippen LogP contribution in [0.1, 0.15) is 0 Å². The second-order valence-electron chi connectivity index (χ2n) is 4.87. The van der Waals surface area contributed by atoms with Gasteiger partial charge in [0.05, 0.1) is 39.9 Å². The Morgan fingerprint density at radius 2 is 2.00 bits per heavy atom. The lowest BCUT2D eigenvalue weighted by Crippen LogP contribution is -3.15. The molecular weight excluding hydrogens is 258 g/mol. The molecule has 1 heterocycles. The number of rotatable bonds is 4. The van der Waals surface area contributed by atoms with Gasteiger partial charge in [0.15, 0.2) is 0 Å². The van der Waals surface area contributed by atoms with Crippen LogP contribution in [-0.2, 0) is 0 Å². The van der Waals surface area contributed by atoms with E-state index in [1.807, 2.05) is 29.2 Å². The van der Waals surface area contributed by atoms with Crippen LogP contribution in [0.15, 0.2) is 24.3 Å². The average Bonchev–Trinajstić information content (AvgIpc) is 2.49. The van der Waals surface area contributed by atoms with Crippen LogP contribution in [0.2, 0.25) is 0 Å². The molecule has 1 fully saturated rings. The Bertz CT molecular complexity index is 428. The van der Waals surface area contributed by atoms with Gasteiger partial charge in [0.2, 0.25) is 0 Å². The topological polar surface area (TPSA) is 66.2 Å². The molecule has 0 aromatic heterocycles. The maximum atomic E-state index is 12.1. The van der Waals surface area contributed by atoms with Crippen LogP contribution in [0.5, 0.6) is 5.75 Å². The Labute approximate surface area is 118 Å². The first-order chi connectivity index (χ1) is 9.72. The van der Waals surface area contributed by atoms with E-state index >= 15 is 0 Å². The van der Waals surface area contributed by atoms with Crippen molar-refractivity contribution in [3.63, 3.8) is 0 Å². The summed E-state index contributed by atoms with van der Waals surface area (Å²) >= 11 is 0. The standard InChI is InChI=1S/C14H21N3O3/c1-20-13-4-2-12(3-5-13)15-14(19)17-8-6-16(7-9-17)10-11-18/h2-5,18H,6-11H2,1H3,(H,15,19)/p+1. The van der Waals surface area contributed by atoms with Crippen molar-refractivity contribution in [2.75, 3.05) is 51.8 Å². The quantitative estimate of drug-likeness (QED) is 0.691. The van der Waals surface area contributed by atoms with Crippen LogP contribution in [0.25, 0.3) is 0 Å². The van der Waals surface area contributed by atoms with Gasteiger partial charge in [-0.3, -0.25) is 0 Å². The summed E-state index contributed by atoms with van der Waals surface area (Å²) in [7, 11) is 1.61. The maximum absolute atomic E-state index is 12.1. The Balaban J connectivity index is 1.83. The Morgan fingerprint density at radius 3 is 2.55 bits per heavy atom. The number of hydrogen-bond acceptors (Lipinski definition) is 3. The van der Waals surface area contributed by atoms with Gasteiger partial charge in [-0.1, -0.05) is 0 Å². The number of quaternary nitrogens is 1. The number of carbonyl (C=O) groups excluding carboxylic acids is 1. The number of ether oxygens (including phenoxy) is 1. The number of hydrogen-bond donors (Lipinski definition) is 3. The van der Waals surface area contributed by atoms with Crippen LogP contribution in [0.4, 0.5) is 10.5 Å². The summed E-state index contributed by atoms with van der Waals surface area (Å²) in [5, 5.41) is 11.8. The zero-order chi connectivity index (χ0) is 14.4. The van der Waals surface area contributed by atoms with Crippen molar-refractivity contribution >= 4 is 11.7 Å². The molecule has 2 rings (SSSR count). The van der Waals surface area contributed by atoms with Crippen LogP contribution in [0.3, 0.4) is 0 Å². The van der Waals surface area contributed by atoms with Crippen molar-refractivity contribution in [2.24, 2.45) is 0 Å². The van der Waals surface area contributed by atoms with Crippen LogP contribution in [0, 0.1) is 0 Å². The third-order valence-corrected chi connectivity index (χ3v) is 3.56. The zero-order valence-electron chi connectivity index (χ0n) is 11.8. The van der Waals surface area contributed by atoms with E-state index in [0.717, 1.165) is 44.2 Å². The molecule has 0 bridgehead atoms. The molecule has 1 saturated heterocycles. The number of nitrogens with zero attached hydrogens (tertiary/aromatic N) is 1. The number of nitrogens with one attached hydrogen (secondary N) is 2. The van der Waals surface area contributed by atoms with Crippen molar-refractivity contribution in [1.29, 1.82) is 0 Å². The molecule has 1 aliphatic rings. The molecular formula is C14H22N3O3+. The van der Waals surface area contributed by atoms with Gasteiger partial charge in [-0.05, 0) is 24.3 Å². The molecule has 0 aliphatic carbocycles. The minimum Gasteiger partial charge on any atom is -0.497 e. The van der Waals surface area contributed by atoms with Gasteiger partial charge in [0.25, 0.3) is 0 Å². The SMILES string of the molecule is COc1ccc(NC(=O)N2CC[NH+](CCO)CC2)cc1. The molecule has 0 atom stereocenters. The number of benzene rings is 1. The molecule has 1 aromatic carbocycles. The fourth-order valence-electron chi connectivity index (χ4n) is 2.31. The van der Waals surface area contributed by atoms with Crippen LogP contribution < -0.4 is 15.0 Å². The summed E-state index contributed by atoms with van der Waals surface area (Å²) in [6.07, 6.45) is 0. The maximum Gasteiger partial charge on any atom is 0.322 e. The lowest BCUT2D eigenvalue weighted by molar-refractivity contribution is -0.904. The fourth-order valence-corrected chi connectivity index (χ4v) is 2.31. The van der Waals surface area contributed by atoms with Crippen LogP contribution >= 0.6 is 0 Å². The number of urea groups is 1. The minimum atomic E-state index is -0.0711. The highest BCUT2D eigenvalue weighted by Crippen LogP contribution is 2.15. The largest absolute Gasteiger partial charge is 0.497 e. The molecule has 0 spiro atoms. The van der Waals surface area contributed by atoms with Gasteiger partial charge < -0.3 is 25.0 Å². The monoisotopic (exact) mass is 280 g/mol. The molecule has 6 heteroatoms. The van der Waals surface area contributed by atoms with Crippen LogP contribution in [-0.4, -0.2) is 62.5 Å². The first kappa shape index (κ1) is 14.6. The molecule has 3 N–H and O–H groups in total. The lowest BCUT2D eigenvalue weighted by Gasteiger charge is -2.31. The molecule has 110 valence electrons. The van der Waals surface area contributed by atoms with Crippen molar-refractivity contribution in [3.8, 4) is 5.75 Å². The highest BCUT2D eigenvalue weighted by Gasteiger charge is 2.23. The van der Waals surface area contributed by atoms with E-state index < -0.39 is 0 Å². The van der Waals surface area contributed by atoms with E-state index in [2.05, 4.69) is 5.32 Å². The van der Waals surface area contributed by atoms with Gasteiger partial charge in [-0.2, -0.15) is 0 Å². The lowest BCUT2D eigenvalue weighted by atomic mass is 10.3. The summed E-state index contributed by atoms with van der Waals surface area (Å²) in [6.45, 7) is 4.17. The summed E-state index contributed by atoms with van der Waals surface area (Å²) in [5.74, 6) is 0.768. The molecule has 1 aromatic rings. The van der Waals surface area contributed by atoms with E-state index in [1.165, 1.54) is 4.90 Å². The first-order valence-corrected chi connectivity index (χ1v) is 6.87. The molecule has 0 saturated carbocycles. The van der Waals surface area contributed by atoms with E-state index in [9.17, 15) is 4.79 Å². The first-order valence-electron chi connectivity index (χ1n) is 6.87. The summed E-state index contributed by atoms with van der Waals surface area (Å²) in [4.78, 5) is 15.3. The molecule has 6 nitrogen and oxygen atoms in total. The molecule has 0 radical (unpaired) electrons. The molecule has 20 heavy (non-hydrogen) atoms. The predicted molar refractivity (Wildman–Crippen MR) is 76.2 cm³/mol. The van der Waals surface area contributed by atoms with E-state index in [-0.39, 0.29) is 12.6 Å². The smallest absolute Gasteiger partial charge is 0.322 e. The van der Waals surface area contributed by atoms with E-state index in [0.29, 0.717) is 0 Å². The van der Waals surface area contributed by atoms with Gasteiger partial charge >= 0.3 is 6.03 Å². The van der Waals surface area contributed by atoms with Gasteiger partial charge in [-0.15, -0.1) is 0 Å². The number of methoxy groups -OCH3 is 1. The van der Waals surface area contributed by atoms with E-state index in [1.54, 1.807) is 7.11 Å². The number of aliphatic hydroxyl groups is 1. The number of carbonyl (C=O) groups is 1. The fraction of sp³-hybridized carbons (Fsp3) is 0.500. The Hall–Kier alpha value is -1.79. The summed E-state index contributed by atoms with van der Waals surface area (Å²) in [6, 6.07) is 7.21. The number of aliphatic hydroxyl groups excluding tert-OH is 1. The normalized spacial score (nSPS) is 16.0. The van der Waals surface area contributed by atoms with Crippen molar-refractivity contribution in [3.05, 3.63) is 24.3 Å². The highest BCUT2D eigenvalue weighted by atomic mass is 16.5. The van der Waals surface area contributed by atoms with Crippen molar-refractivity contribution < 1.29 is 19.5 Å². The van der Waals surface area contributed by atoms with E-state index in [4.69, 9.17) is 9.84 Å². The molecule has 2 amide bonds. The predicted octanol–water partition coefficient (Wildman–Crippen LogP) is -0.580. The average molecular weight is 280 g/mol. The zero-order valence-corrected chi connectivity index (χ0v) is 11.8. The minimum absolute atomic E-state index is 0.0711. The van der Waals surface area contributed by atoms with Gasteiger partial charge in [0, 0.05) is 5.69 Å². The summed E-state index contributed by atoms with van der Waals surface area (Å²) < 4.78 is 5.08. The van der Waals surface area contributed by atoms with Gasteiger partial charge in [0.1, 0.15) is 12.3 Å². The van der Waals surface area contributed by atoms with Crippen molar-refractivity contribution in [1.82, 2.24) is 4.90 Å². The number of anilines is 1. The highest BCUT2D eigenvalue weighted by molar-refractivity contribution is 5.89. The molecule has 0 unspecified atom stereocenters. The van der Waals surface area contributed by atoms with Crippen molar-refractivity contribution in [2.45, 2.75) is 0 Å². The second-order valence-corrected chi connectivity index (χ2v) is 4.87. The second kappa shape index (κ2) is 7.12. The summed E-state index contributed by atoms with van der Waals surface area (Å²) in [5.41, 5.74) is 0.765. The number of amides is 2. The Kier molecular flexibility index (Phi) is 5.20. The third kappa shape index (κ3) is 3.85. The Morgan fingerprint density at radius 1 is 1.35 bits per heavy atom. The third-order valence-electron chi connectivity index (χ3n) is 3.56.